The van der Waals surface area contributed by atoms with Gasteiger partial charge in [-0.15, -0.1) is 0 Å². The molecule has 0 fully saturated rings. The van der Waals surface area contributed by atoms with E-state index in [4.69, 9.17) is 9.88 Å². The molecule has 2 aromatic rings. The molecular weight excluding hydrogens is 536 g/mol. The summed E-state index contributed by atoms with van der Waals surface area (Å²) in [6, 6.07) is 3.99. The maximum absolute atomic E-state index is 13.5. The molecule has 0 bridgehead atoms. The number of hydrogen-bond acceptors (Lipinski definition) is 5. The Morgan fingerprint density at radius 1 is 0.757 bits per heavy atom. The van der Waals surface area contributed by atoms with Crippen LogP contribution in [0.3, 0.4) is 0 Å². The highest BCUT2D eigenvalue weighted by atomic mass is 32.2. The summed E-state index contributed by atoms with van der Waals surface area (Å²) in [6.07, 6.45) is 1.08. The monoisotopic (exact) mass is 568 g/mol. The summed E-state index contributed by atoms with van der Waals surface area (Å²) in [5, 5.41) is 5.04. The molecule has 13 heteroatoms. The van der Waals surface area contributed by atoms with Crippen molar-refractivity contribution in [1.82, 2.24) is 0 Å². The van der Waals surface area contributed by atoms with Crippen molar-refractivity contribution in [2.24, 2.45) is 9.54 Å². The molecule has 208 valence electrons. The Morgan fingerprint density at radius 3 is 1.32 bits per heavy atom. The number of benzene rings is 2. The van der Waals surface area contributed by atoms with Crippen LogP contribution in [-0.2, 0) is 22.0 Å². The first-order valence-corrected chi connectivity index (χ1v) is 12.8. The highest BCUT2D eigenvalue weighted by molar-refractivity contribution is 7.85. The number of halogens is 4. The highest BCUT2D eigenvalue weighted by Gasteiger charge is 2.19. The number of carbonyl (C=O) groups excluding carboxylic acids is 1. The lowest BCUT2D eigenvalue weighted by molar-refractivity contribution is 0.111. The zero-order valence-electron chi connectivity index (χ0n) is 21.9. The van der Waals surface area contributed by atoms with E-state index in [1.807, 2.05) is 20.8 Å². The Labute approximate surface area is 219 Å². The van der Waals surface area contributed by atoms with Gasteiger partial charge >= 0.3 is 0 Å². The fraction of sp³-hybridized carbons (Fsp3) is 0.417. The topological polar surface area (TPSA) is 108 Å². The quantitative estimate of drug-likeness (QED) is 0.309. The summed E-state index contributed by atoms with van der Waals surface area (Å²) in [5.74, 6) is -3.30. The van der Waals surface area contributed by atoms with E-state index < -0.39 is 55.6 Å². The van der Waals surface area contributed by atoms with Gasteiger partial charge in [-0.05, 0) is 41.5 Å². The predicted molar refractivity (Wildman–Crippen MR) is 139 cm³/mol. The Bertz CT molecular complexity index is 1100. The van der Waals surface area contributed by atoms with Gasteiger partial charge in [0, 0.05) is 24.3 Å². The van der Waals surface area contributed by atoms with E-state index in [1.165, 1.54) is 14.2 Å². The van der Waals surface area contributed by atoms with Gasteiger partial charge in [0.05, 0.1) is 52.0 Å². The first-order valence-electron chi connectivity index (χ1n) is 10.5. The van der Waals surface area contributed by atoms with Crippen molar-refractivity contribution in [1.29, 1.82) is 0 Å². The summed E-state index contributed by atoms with van der Waals surface area (Å²) in [7, 11) is -0.137. The molecule has 0 spiro atoms. The van der Waals surface area contributed by atoms with Gasteiger partial charge in [0.15, 0.2) is 6.29 Å². The summed E-state index contributed by atoms with van der Waals surface area (Å²) in [5.41, 5.74) is -0.899. The standard InChI is InChI=1S/C12H15F2NO2S.C8H6F2O2.C4H11NOS/c1-12(2,3)18(16)15-7-9-10(13)5-8(17-4)6-11(9)14;1-12-5-2-7(9)6(4-11)8(10)3-5;1-4(2,3)7(5)6/h5-7H,1-4H3;2-4H,1H3;5H2,1-3H3/t18-;;7-/m1.1/s1. The SMILES string of the molecule is CC(C)(C)[S@](N)=O.COc1cc(F)c(C=N[S@](=O)C(C)(C)C)c(F)c1.COc1cc(F)c(C=O)c(F)c1. The van der Waals surface area contributed by atoms with Crippen molar-refractivity contribution in [3.8, 4) is 11.5 Å². The van der Waals surface area contributed by atoms with Crippen LogP contribution in [0.4, 0.5) is 17.6 Å². The molecule has 0 aliphatic rings. The molecule has 2 N–H and O–H groups in total. The van der Waals surface area contributed by atoms with Crippen LogP contribution >= 0.6 is 0 Å². The van der Waals surface area contributed by atoms with E-state index in [0.29, 0.717) is 0 Å². The number of nitrogens with two attached hydrogens (primary N) is 1. The predicted octanol–water partition coefficient (Wildman–Crippen LogP) is 5.05. The normalized spacial score (nSPS) is 13.0. The summed E-state index contributed by atoms with van der Waals surface area (Å²) >= 11 is 0. The Balaban J connectivity index is 0.000000586. The molecule has 0 aliphatic heterocycles. The lowest BCUT2D eigenvalue weighted by atomic mass is 10.2. The van der Waals surface area contributed by atoms with Crippen molar-refractivity contribution in [3.63, 3.8) is 0 Å². The van der Waals surface area contributed by atoms with Crippen LogP contribution in [0.15, 0.2) is 28.7 Å². The molecule has 0 heterocycles. The van der Waals surface area contributed by atoms with E-state index in [-0.39, 0.29) is 28.1 Å². The van der Waals surface area contributed by atoms with Gasteiger partial charge in [0.1, 0.15) is 45.8 Å². The van der Waals surface area contributed by atoms with Crippen molar-refractivity contribution in [3.05, 3.63) is 58.7 Å². The maximum atomic E-state index is 13.5. The molecule has 0 radical (unpaired) electrons. The lowest BCUT2D eigenvalue weighted by Crippen LogP contribution is -2.27. The third-order valence-corrected chi connectivity index (χ3v) is 6.65. The molecule has 0 unspecified atom stereocenters. The van der Waals surface area contributed by atoms with Crippen LogP contribution in [-0.4, -0.2) is 44.6 Å². The Hall–Kier alpha value is -2.64. The molecule has 0 aromatic heterocycles. The first-order chi connectivity index (χ1) is 16.9. The van der Waals surface area contributed by atoms with Gasteiger partial charge in [0.2, 0.25) is 0 Å². The highest BCUT2D eigenvalue weighted by Crippen LogP contribution is 2.20. The van der Waals surface area contributed by atoms with Crippen LogP contribution in [0.25, 0.3) is 0 Å². The smallest absolute Gasteiger partial charge is 0.155 e. The van der Waals surface area contributed by atoms with Gasteiger partial charge < -0.3 is 9.47 Å². The molecule has 7 nitrogen and oxygen atoms in total. The number of nitrogens with zero attached hydrogens (tertiary/aromatic N) is 1. The minimum Gasteiger partial charge on any atom is -0.497 e. The Kier molecular flexibility index (Phi) is 13.9. The number of rotatable bonds is 5. The average molecular weight is 569 g/mol. The number of ether oxygens (including phenoxy) is 2. The van der Waals surface area contributed by atoms with Crippen molar-refractivity contribution < 1.29 is 40.2 Å². The van der Waals surface area contributed by atoms with Gasteiger partial charge in [0.25, 0.3) is 0 Å². The van der Waals surface area contributed by atoms with E-state index in [1.54, 1.807) is 20.8 Å². The summed E-state index contributed by atoms with van der Waals surface area (Å²) < 4.78 is 86.7. The molecular formula is C24H32F4N2O5S2. The molecule has 37 heavy (non-hydrogen) atoms. The van der Waals surface area contributed by atoms with Crippen LogP contribution in [0.5, 0.6) is 11.5 Å². The number of aldehydes is 1. The summed E-state index contributed by atoms with van der Waals surface area (Å²) in [4.78, 5) is 10.1. The molecule has 0 saturated heterocycles. The van der Waals surface area contributed by atoms with Crippen LogP contribution < -0.4 is 14.6 Å². The Morgan fingerprint density at radius 2 is 1.08 bits per heavy atom. The van der Waals surface area contributed by atoms with Gasteiger partial charge in [-0.25, -0.2) is 26.0 Å². The minimum atomic E-state index is -1.56. The van der Waals surface area contributed by atoms with Crippen molar-refractivity contribution in [2.45, 2.75) is 51.0 Å². The fourth-order valence-corrected chi connectivity index (χ4v) is 2.37. The third-order valence-electron chi connectivity index (χ3n) is 4.10. The second-order valence-corrected chi connectivity index (χ2v) is 12.9. The zero-order chi connectivity index (χ0) is 29.1. The van der Waals surface area contributed by atoms with E-state index in [2.05, 4.69) is 9.13 Å². The molecule has 0 saturated carbocycles. The van der Waals surface area contributed by atoms with Crippen LogP contribution in [0, 0.1) is 23.3 Å². The first kappa shape index (κ1) is 34.4. The minimum absolute atomic E-state index is 0.0515. The van der Waals surface area contributed by atoms with Gasteiger partial charge in [-0.3, -0.25) is 9.93 Å². The molecule has 2 aromatic carbocycles. The fourth-order valence-electron chi connectivity index (χ4n) is 1.85. The summed E-state index contributed by atoms with van der Waals surface area (Å²) in [6.45, 7) is 10.7. The van der Waals surface area contributed by atoms with Crippen molar-refractivity contribution in [2.75, 3.05) is 14.2 Å². The lowest BCUT2D eigenvalue weighted by Gasteiger charge is -2.12. The van der Waals surface area contributed by atoms with E-state index in [9.17, 15) is 30.8 Å². The van der Waals surface area contributed by atoms with E-state index in [0.717, 1.165) is 30.5 Å². The van der Waals surface area contributed by atoms with E-state index >= 15 is 0 Å². The number of methoxy groups -OCH3 is 2. The second-order valence-electron chi connectivity index (χ2n) is 9.13. The number of hydrogen-bond donors (Lipinski definition) is 1. The molecule has 0 amide bonds. The average Bonchev–Trinajstić information content (AvgIpc) is 2.77. The zero-order valence-corrected chi connectivity index (χ0v) is 23.5. The second kappa shape index (κ2) is 14.9. The third kappa shape index (κ3) is 12.0. The van der Waals surface area contributed by atoms with Gasteiger partial charge in [-0.2, -0.15) is 4.40 Å². The van der Waals surface area contributed by atoms with Crippen molar-refractivity contribution >= 4 is 34.5 Å². The molecule has 2 atom stereocenters. The van der Waals surface area contributed by atoms with Gasteiger partial charge in [-0.1, -0.05) is 0 Å². The number of carbonyl (C=O) groups is 1. The van der Waals surface area contributed by atoms with Crippen LogP contribution in [0.2, 0.25) is 0 Å². The van der Waals surface area contributed by atoms with Crippen LogP contribution in [0.1, 0.15) is 57.5 Å². The molecule has 0 aliphatic carbocycles. The molecule has 2 rings (SSSR count). The maximum Gasteiger partial charge on any atom is 0.155 e. The largest absolute Gasteiger partial charge is 0.497 e.